The molecule has 0 saturated heterocycles. The molecule has 0 aliphatic carbocycles. The highest BCUT2D eigenvalue weighted by Gasteiger charge is 2.04. The van der Waals surface area contributed by atoms with Gasteiger partial charge in [-0.25, -0.2) is 0 Å². The number of benzene rings is 1. The standard InChI is InChI=1S/C11H17NO2/c1-9-5-3-4-6-11(9)14-8-10(13)7-12-2/h3-6,10,12-13H,7-8H2,1-2H3. The number of ether oxygens (including phenoxy) is 1. The summed E-state index contributed by atoms with van der Waals surface area (Å²) in [7, 11) is 1.80. The van der Waals surface area contributed by atoms with Crippen molar-refractivity contribution in [2.45, 2.75) is 13.0 Å². The monoisotopic (exact) mass is 195 g/mol. The fourth-order valence-electron chi connectivity index (χ4n) is 1.20. The fourth-order valence-corrected chi connectivity index (χ4v) is 1.20. The number of aliphatic hydroxyl groups is 1. The summed E-state index contributed by atoms with van der Waals surface area (Å²) >= 11 is 0. The van der Waals surface area contributed by atoms with Crippen molar-refractivity contribution in [2.24, 2.45) is 0 Å². The van der Waals surface area contributed by atoms with E-state index in [1.54, 1.807) is 7.05 Å². The van der Waals surface area contributed by atoms with Crippen molar-refractivity contribution in [3.8, 4) is 5.75 Å². The number of nitrogens with one attached hydrogen (secondary N) is 1. The van der Waals surface area contributed by atoms with Gasteiger partial charge in [0, 0.05) is 6.54 Å². The van der Waals surface area contributed by atoms with Crippen LogP contribution in [0.15, 0.2) is 24.3 Å². The SMILES string of the molecule is CNCC(O)COc1ccccc1C. The zero-order valence-electron chi connectivity index (χ0n) is 8.66. The smallest absolute Gasteiger partial charge is 0.122 e. The van der Waals surface area contributed by atoms with Crippen LogP contribution in [0.3, 0.4) is 0 Å². The number of aryl methyl sites for hydroxylation is 1. The lowest BCUT2D eigenvalue weighted by atomic mass is 10.2. The summed E-state index contributed by atoms with van der Waals surface area (Å²) in [4.78, 5) is 0. The van der Waals surface area contributed by atoms with Crippen molar-refractivity contribution in [3.05, 3.63) is 29.8 Å². The van der Waals surface area contributed by atoms with Gasteiger partial charge in [0.15, 0.2) is 0 Å². The first-order valence-corrected chi connectivity index (χ1v) is 4.75. The van der Waals surface area contributed by atoms with Crippen LogP contribution in [0.25, 0.3) is 0 Å². The van der Waals surface area contributed by atoms with Crippen LogP contribution in [0.5, 0.6) is 5.75 Å². The molecule has 3 heteroatoms. The van der Waals surface area contributed by atoms with E-state index < -0.39 is 6.10 Å². The molecule has 1 aromatic carbocycles. The second kappa shape index (κ2) is 5.62. The fraction of sp³-hybridized carbons (Fsp3) is 0.455. The first-order valence-electron chi connectivity index (χ1n) is 4.75. The molecule has 0 amide bonds. The Hall–Kier alpha value is -1.06. The Morgan fingerprint density at radius 3 is 2.79 bits per heavy atom. The molecule has 14 heavy (non-hydrogen) atoms. The summed E-state index contributed by atoms with van der Waals surface area (Å²) in [6.07, 6.45) is -0.459. The lowest BCUT2D eigenvalue weighted by molar-refractivity contribution is 0.108. The molecule has 0 heterocycles. The van der Waals surface area contributed by atoms with Gasteiger partial charge in [-0.1, -0.05) is 18.2 Å². The zero-order chi connectivity index (χ0) is 10.4. The second-order valence-electron chi connectivity index (χ2n) is 3.29. The summed E-state index contributed by atoms with van der Waals surface area (Å²) in [6.45, 7) is 2.86. The third kappa shape index (κ3) is 3.36. The second-order valence-corrected chi connectivity index (χ2v) is 3.29. The van der Waals surface area contributed by atoms with Crippen molar-refractivity contribution in [1.29, 1.82) is 0 Å². The van der Waals surface area contributed by atoms with Crippen LogP contribution >= 0.6 is 0 Å². The summed E-state index contributed by atoms with van der Waals surface area (Å²) in [5.41, 5.74) is 1.09. The lowest BCUT2D eigenvalue weighted by Crippen LogP contribution is -2.29. The number of aliphatic hydroxyl groups excluding tert-OH is 1. The van der Waals surface area contributed by atoms with E-state index >= 15 is 0 Å². The molecule has 1 unspecified atom stereocenters. The van der Waals surface area contributed by atoms with Gasteiger partial charge in [-0.3, -0.25) is 0 Å². The largest absolute Gasteiger partial charge is 0.491 e. The van der Waals surface area contributed by atoms with Crippen LogP contribution in [-0.4, -0.2) is 31.4 Å². The molecule has 1 atom stereocenters. The first kappa shape index (κ1) is 11.0. The van der Waals surface area contributed by atoms with Gasteiger partial charge in [0.2, 0.25) is 0 Å². The van der Waals surface area contributed by atoms with E-state index in [9.17, 15) is 5.11 Å². The highest BCUT2D eigenvalue weighted by atomic mass is 16.5. The van der Waals surface area contributed by atoms with Gasteiger partial charge >= 0.3 is 0 Å². The molecule has 2 N–H and O–H groups in total. The van der Waals surface area contributed by atoms with E-state index in [0.717, 1.165) is 11.3 Å². The third-order valence-corrected chi connectivity index (χ3v) is 1.96. The Morgan fingerprint density at radius 1 is 1.43 bits per heavy atom. The summed E-state index contributed by atoms with van der Waals surface area (Å²) < 4.78 is 5.46. The quantitative estimate of drug-likeness (QED) is 0.735. The van der Waals surface area contributed by atoms with Gasteiger partial charge in [0.05, 0.1) is 0 Å². The van der Waals surface area contributed by atoms with Crippen molar-refractivity contribution >= 4 is 0 Å². The molecule has 0 aliphatic heterocycles. The molecule has 0 aromatic heterocycles. The number of hydrogen-bond donors (Lipinski definition) is 2. The summed E-state index contributed by atoms with van der Waals surface area (Å²) in [5, 5.41) is 12.3. The van der Waals surface area contributed by atoms with Crippen LogP contribution in [0.1, 0.15) is 5.56 Å². The van der Waals surface area contributed by atoms with E-state index in [1.807, 2.05) is 31.2 Å². The van der Waals surface area contributed by atoms with Crippen molar-refractivity contribution in [1.82, 2.24) is 5.32 Å². The maximum Gasteiger partial charge on any atom is 0.122 e. The van der Waals surface area contributed by atoms with E-state index in [1.165, 1.54) is 0 Å². The van der Waals surface area contributed by atoms with Gasteiger partial charge in [-0.05, 0) is 25.6 Å². The van der Waals surface area contributed by atoms with Gasteiger partial charge in [-0.2, -0.15) is 0 Å². The molecule has 3 nitrogen and oxygen atoms in total. The molecular formula is C11H17NO2. The molecule has 1 aromatic rings. The highest BCUT2D eigenvalue weighted by molar-refractivity contribution is 5.31. The number of para-hydroxylation sites is 1. The minimum atomic E-state index is -0.459. The summed E-state index contributed by atoms with van der Waals surface area (Å²) in [6, 6.07) is 7.78. The predicted molar refractivity (Wildman–Crippen MR) is 56.6 cm³/mol. The topological polar surface area (TPSA) is 41.5 Å². The molecule has 0 saturated carbocycles. The van der Waals surface area contributed by atoms with Crippen LogP contribution in [-0.2, 0) is 0 Å². The Kier molecular flexibility index (Phi) is 4.43. The first-order chi connectivity index (χ1) is 6.74. The Labute approximate surface area is 84.7 Å². The molecule has 78 valence electrons. The number of likely N-dealkylation sites (N-methyl/N-ethyl adjacent to an activating group) is 1. The van der Waals surface area contributed by atoms with E-state index in [2.05, 4.69) is 5.32 Å². The Morgan fingerprint density at radius 2 is 2.14 bits per heavy atom. The molecule has 0 bridgehead atoms. The maximum atomic E-state index is 9.41. The average molecular weight is 195 g/mol. The molecule has 0 spiro atoms. The molecule has 0 aliphatic rings. The Bertz CT molecular complexity index is 276. The number of hydrogen-bond acceptors (Lipinski definition) is 3. The third-order valence-electron chi connectivity index (χ3n) is 1.96. The van der Waals surface area contributed by atoms with Gasteiger partial charge in [0.25, 0.3) is 0 Å². The van der Waals surface area contributed by atoms with Crippen molar-refractivity contribution < 1.29 is 9.84 Å². The van der Waals surface area contributed by atoms with E-state index in [-0.39, 0.29) is 0 Å². The molecule has 0 fully saturated rings. The zero-order valence-corrected chi connectivity index (χ0v) is 8.66. The molecule has 1 rings (SSSR count). The molecular weight excluding hydrogens is 178 g/mol. The van der Waals surface area contributed by atoms with Crippen molar-refractivity contribution in [3.63, 3.8) is 0 Å². The van der Waals surface area contributed by atoms with Gasteiger partial charge in [-0.15, -0.1) is 0 Å². The number of rotatable bonds is 5. The summed E-state index contributed by atoms with van der Waals surface area (Å²) in [5.74, 6) is 0.836. The molecule has 0 radical (unpaired) electrons. The maximum absolute atomic E-state index is 9.41. The van der Waals surface area contributed by atoms with Gasteiger partial charge < -0.3 is 15.2 Å². The normalized spacial score (nSPS) is 12.5. The minimum Gasteiger partial charge on any atom is -0.491 e. The van der Waals surface area contributed by atoms with Crippen LogP contribution in [0, 0.1) is 6.92 Å². The van der Waals surface area contributed by atoms with Crippen LogP contribution < -0.4 is 10.1 Å². The van der Waals surface area contributed by atoms with Gasteiger partial charge in [0.1, 0.15) is 18.5 Å². The minimum absolute atomic E-state index is 0.325. The lowest BCUT2D eigenvalue weighted by Gasteiger charge is -2.13. The van der Waals surface area contributed by atoms with Crippen molar-refractivity contribution in [2.75, 3.05) is 20.2 Å². The van der Waals surface area contributed by atoms with E-state index in [0.29, 0.717) is 13.2 Å². The average Bonchev–Trinajstić information content (AvgIpc) is 2.17. The van der Waals surface area contributed by atoms with Crippen LogP contribution in [0.2, 0.25) is 0 Å². The highest BCUT2D eigenvalue weighted by Crippen LogP contribution is 2.15. The Balaban J connectivity index is 2.41. The van der Waals surface area contributed by atoms with E-state index in [4.69, 9.17) is 4.74 Å². The predicted octanol–water partition coefficient (Wildman–Crippen LogP) is 0.954. The van der Waals surface area contributed by atoms with Crippen LogP contribution in [0.4, 0.5) is 0 Å².